The van der Waals surface area contributed by atoms with Crippen molar-refractivity contribution in [3.8, 4) is 5.75 Å². The Bertz CT molecular complexity index is 587. The molecule has 2 aromatic rings. The number of para-hydroxylation sites is 1. The van der Waals surface area contributed by atoms with Gasteiger partial charge in [-0.2, -0.15) is 0 Å². The van der Waals surface area contributed by atoms with Crippen LogP contribution in [0.3, 0.4) is 0 Å². The van der Waals surface area contributed by atoms with Crippen LogP contribution in [-0.4, -0.2) is 18.1 Å². The van der Waals surface area contributed by atoms with Crippen molar-refractivity contribution < 1.29 is 9.53 Å². The van der Waals surface area contributed by atoms with Crippen LogP contribution in [0.15, 0.2) is 48.7 Å². The lowest BCUT2D eigenvalue weighted by molar-refractivity contribution is 0.237. The Labute approximate surface area is 124 Å². The normalized spacial score (nSPS) is 11.5. The van der Waals surface area contributed by atoms with Crippen molar-refractivity contribution in [1.29, 1.82) is 0 Å². The summed E-state index contributed by atoms with van der Waals surface area (Å²) in [7, 11) is 1.61. The van der Waals surface area contributed by atoms with E-state index in [0.29, 0.717) is 6.54 Å². The zero-order chi connectivity index (χ0) is 15.1. The Kier molecular flexibility index (Phi) is 5.15. The van der Waals surface area contributed by atoms with Gasteiger partial charge in [-0.05, 0) is 25.1 Å². The van der Waals surface area contributed by atoms with Gasteiger partial charge in [0, 0.05) is 18.3 Å². The molecule has 0 aliphatic rings. The number of rotatable bonds is 5. The van der Waals surface area contributed by atoms with E-state index in [4.69, 9.17) is 4.74 Å². The SMILES string of the molecule is COc1ccccc1CNC(=O)N[C@@H](C)c1ccccn1. The van der Waals surface area contributed by atoms with Gasteiger partial charge in [0.2, 0.25) is 0 Å². The predicted molar refractivity (Wildman–Crippen MR) is 81.0 cm³/mol. The number of nitrogens with one attached hydrogen (secondary N) is 2. The van der Waals surface area contributed by atoms with Gasteiger partial charge in [-0.25, -0.2) is 4.79 Å². The highest BCUT2D eigenvalue weighted by molar-refractivity contribution is 5.74. The number of hydrogen-bond donors (Lipinski definition) is 2. The van der Waals surface area contributed by atoms with Crippen LogP contribution in [-0.2, 0) is 6.54 Å². The second-order valence-corrected chi connectivity index (χ2v) is 4.62. The maximum atomic E-state index is 11.9. The molecular weight excluding hydrogens is 266 g/mol. The third-order valence-electron chi connectivity index (χ3n) is 3.11. The number of hydrogen-bond acceptors (Lipinski definition) is 3. The number of carbonyl (C=O) groups excluding carboxylic acids is 1. The zero-order valence-electron chi connectivity index (χ0n) is 12.2. The third-order valence-corrected chi connectivity index (χ3v) is 3.11. The number of pyridine rings is 1. The first kappa shape index (κ1) is 14.8. The Morgan fingerprint density at radius 3 is 2.71 bits per heavy atom. The lowest BCUT2D eigenvalue weighted by Gasteiger charge is -2.15. The first-order valence-corrected chi connectivity index (χ1v) is 6.78. The molecule has 0 saturated heterocycles. The molecule has 5 nitrogen and oxygen atoms in total. The van der Waals surface area contributed by atoms with Gasteiger partial charge < -0.3 is 15.4 Å². The Morgan fingerprint density at radius 2 is 2.00 bits per heavy atom. The van der Waals surface area contributed by atoms with Gasteiger partial charge in [0.05, 0.1) is 18.8 Å². The monoisotopic (exact) mass is 285 g/mol. The van der Waals surface area contributed by atoms with Crippen molar-refractivity contribution in [2.24, 2.45) is 0 Å². The number of urea groups is 1. The zero-order valence-corrected chi connectivity index (χ0v) is 12.2. The van der Waals surface area contributed by atoms with Crippen LogP contribution >= 0.6 is 0 Å². The van der Waals surface area contributed by atoms with Crippen molar-refractivity contribution in [3.05, 3.63) is 59.9 Å². The quantitative estimate of drug-likeness (QED) is 0.887. The van der Waals surface area contributed by atoms with Crippen LogP contribution in [0, 0.1) is 0 Å². The second kappa shape index (κ2) is 7.28. The second-order valence-electron chi connectivity index (χ2n) is 4.62. The highest BCUT2D eigenvalue weighted by Gasteiger charge is 2.10. The highest BCUT2D eigenvalue weighted by atomic mass is 16.5. The largest absolute Gasteiger partial charge is 0.496 e. The molecule has 1 aromatic heterocycles. The van der Waals surface area contributed by atoms with Crippen molar-refractivity contribution in [3.63, 3.8) is 0 Å². The molecule has 21 heavy (non-hydrogen) atoms. The molecule has 1 heterocycles. The average Bonchev–Trinajstić information content (AvgIpc) is 2.54. The third kappa shape index (κ3) is 4.21. The van der Waals surface area contributed by atoms with Crippen molar-refractivity contribution in [1.82, 2.24) is 15.6 Å². The van der Waals surface area contributed by atoms with E-state index in [9.17, 15) is 4.79 Å². The lowest BCUT2D eigenvalue weighted by atomic mass is 10.2. The maximum absolute atomic E-state index is 11.9. The average molecular weight is 285 g/mol. The molecule has 110 valence electrons. The van der Waals surface area contributed by atoms with E-state index >= 15 is 0 Å². The first-order chi connectivity index (χ1) is 10.2. The van der Waals surface area contributed by atoms with Crippen LogP contribution in [0.25, 0.3) is 0 Å². The summed E-state index contributed by atoms with van der Waals surface area (Å²) >= 11 is 0. The summed E-state index contributed by atoms with van der Waals surface area (Å²) in [6.45, 7) is 2.30. The van der Waals surface area contributed by atoms with Crippen molar-refractivity contribution >= 4 is 6.03 Å². The Balaban J connectivity index is 1.88. The summed E-state index contributed by atoms with van der Waals surface area (Å²) in [6, 6.07) is 12.8. The van der Waals surface area contributed by atoms with Gasteiger partial charge in [0.1, 0.15) is 5.75 Å². The molecule has 1 atom stereocenters. The van der Waals surface area contributed by atoms with E-state index in [1.54, 1.807) is 13.3 Å². The van der Waals surface area contributed by atoms with Gasteiger partial charge in [-0.1, -0.05) is 24.3 Å². The fraction of sp³-hybridized carbons (Fsp3) is 0.250. The standard InChI is InChI=1S/C16H19N3O2/c1-12(14-8-5-6-10-17-14)19-16(20)18-11-13-7-3-4-9-15(13)21-2/h3-10,12H,11H2,1-2H3,(H2,18,19,20)/t12-/m0/s1. The number of amides is 2. The van der Waals surface area contributed by atoms with E-state index in [1.165, 1.54) is 0 Å². The Morgan fingerprint density at radius 1 is 1.24 bits per heavy atom. The van der Waals surface area contributed by atoms with E-state index in [1.807, 2.05) is 49.4 Å². The van der Waals surface area contributed by atoms with Crippen molar-refractivity contribution in [2.75, 3.05) is 7.11 Å². The van der Waals surface area contributed by atoms with Crippen LogP contribution in [0.1, 0.15) is 24.2 Å². The maximum Gasteiger partial charge on any atom is 0.315 e. The molecule has 5 heteroatoms. The van der Waals surface area contributed by atoms with E-state index in [0.717, 1.165) is 17.0 Å². The fourth-order valence-electron chi connectivity index (χ4n) is 1.98. The molecule has 0 radical (unpaired) electrons. The molecule has 1 aromatic carbocycles. The highest BCUT2D eigenvalue weighted by Crippen LogP contribution is 2.16. The van der Waals surface area contributed by atoms with Crippen LogP contribution in [0.2, 0.25) is 0 Å². The number of nitrogens with zero attached hydrogens (tertiary/aromatic N) is 1. The lowest BCUT2D eigenvalue weighted by Crippen LogP contribution is -2.36. The summed E-state index contributed by atoms with van der Waals surface area (Å²) in [6.07, 6.45) is 1.71. The predicted octanol–water partition coefficient (Wildman–Crippen LogP) is 2.65. The smallest absolute Gasteiger partial charge is 0.315 e. The molecule has 0 spiro atoms. The number of aromatic nitrogens is 1. The minimum atomic E-state index is -0.237. The van der Waals surface area contributed by atoms with E-state index in [2.05, 4.69) is 15.6 Å². The minimum absolute atomic E-state index is 0.149. The van der Waals surface area contributed by atoms with E-state index in [-0.39, 0.29) is 12.1 Å². The summed E-state index contributed by atoms with van der Waals surface area (Å²) in [5.41, 5.74) is 1.76. The number of ether oxygens (including phenoxy) is 1. The van der Waals surface area contributed by atoms with E-state index < -0.39 is 0 Å². The van der Waals surface area contributed by atoms with Gasteiger partial charge in [0.15, 0.2) is 0 Å². The minimum Gasteiger partial charge on any atom is -0.496 e. The number of methoxy groups -OCH3 is 1. The van der Waals surface area contributed by atoms with Crippen LogP contribution in [0.4, 0.5) is 4.79 Å². The molecule has 0 saturated carbocycles. The first-order valence-electron chi connectivity index (χ1n) is 6.78. The Hall–Kier alpha value is -2.56. The van der Waals surface area contributed by atoms with Gasteiger partial charge >= 0.3 is 6.03 Å². The fourth-order valence-corrected chi connectivity index (χ4v) is 1.98. The van der Waals surface area contributed by atoms with Gasteiger partial charge in [-0.15, -0.1) is 0 Å². The molecule has 0 fully saturated rings. The van der Waals surface area contributed by atoms with Crippen LogP contribution < -0.4 is 15.4 Å². The summed E-state index contributed by atoms with van der Waals surface area (Å²) in [5.74, 6) is 0.760. The van der Waals surface area contributed by atoms with Crippen LogP contribution in [0.5, 0.6) is 5.75 Å². The molecule has 2 rings (SSSR count). The number of carbonyl (C=O) groups is 1. The summed E-state index contributed by atoms with van der Waals surface area (Å²) in [5, 5.41) is 5.67. The van der Waals surface area contributed by atoms with Gasteiger partial charge in [0.25, 0.3) is 0 Å². The molecular formula is C16H19N3O2. The molecule has 0 unspecified atom stereocenters. The molecule has 0 aliphatic carbocycles. The summed E-state index contributed by atoms with van der Waals surface area (Å²) in [4.78, 5) is 16.1. The number of benzene rings is 1. The molecule has 2 N–H and O–H groups in total. The molecule has 2 amide bonds. The summed E-state index contributed by atoms with van der Waals surface area (Å²) < 4.78 is 5.25. The van der Waals surface area contributed by atoms with Gasteiger partial charge in [-0.3, -0.25) is 4.98 Å². The topological polar surface area (TPSA) is 63.2 Å². The molecule has 0 bridgehead atoms. The van der Waals surface area contributed by atoms with Crippen molar-refractivity contribution in [2.45, 2.75) is 19.5 Å². The molecule has 0 aliphatic heterocycles.